The molecule has 0 amide bonds. The van der Waals surface area contributed by atoms with Crippen LogP contribution in [0.25, 0.3) is 5.69 Å². The molecule has 0 spiro atoms. The molecule has 0 fully saturated rings. The standard InChI is InChI=1S/C12H14F3N5/c1-7(2)5-16-6-10-17-18-19-20(10)9-4-3-8(13)11(14)12(9)15/h3-4,7,16H,5-6H2,1-2H3. The SMILES string of the molecule is CC(C)CNCc1nnnn1-c1ccc(F)c(F)c1F. The van der Waals surface area contributed by atoms with Gasteiger partial charge in [0.25, 0.3) is 0 Å². The van der Waals surface area contributed by atoms with Crippen LogP contribution in [0, 0.1) is 23.4 Å². The zero-order valence-electron chi connectivity index (χ0n) is 11.1. The van der Waals surface area contributed by atoms with E-state index in [1.165, 1.54) is 0 Å². The molecule has 0 bridgehead atoms. The summed E-state index contributed by atoms with van der Waals surface area (Å²) in [5.74, 6) is -3.37. The van der Waals surface area contributed by atoms with Gasteiger partial charge in [-0.2, -0.15) is 4.68 Å². The number of benzene rings is 1. The monoisotopic (exact) mass is 285 g/mol. The van der Waals surface area contributed by atoms with Crippen LogP contribution in [-0.2, 0) is 6.54 Å². The maximum atomic E-state index is 13.7. The van der Waals surface area contributed by atoms with Gasteiger partial charge in [-0.05, 0) is 35.0 Å². The minimum Gasteiger partial charge on any atom is -0.310 e. The van der Waals surface area contributed by atoms with Crippen molar-refractivity contribution in [3.63, 3.8) is 0 Å². The lowest BCUT2D eigenvalue weighted by molar-refractivity contribution is 0.441. The fourth-order valence-corrected chi connectivity index (χ4v) is 1.66. The van der Waals surface area contributed by atoms with Crippen LogP contribution < -0.4 is 5.32 Å². The van der Waals surface area contributed by atoms with Gasteiger partial charge in [-0.25, -0.2) is 13.2 Å². The molecule has 0 atom stereocenters. The molecule has 2 aromatic rings. The molecule has 2 rings (SSSR count). The summed E-state index contributed by atoms with van der Waals surface area (Å²) in [7, 11) is 0. The Bertz CT molecular complexity index is 597. The molecule has 5 nitrogen and oxygen atoms in total. The Labute approximate surface area is 113 Å². The van der Waals surface area contributed by atoms with Crippen LogP contribution in [0.5, 0.6) is 0 Å². The van der Waals surface area contributed by atoms with Crippen molar-refractivity contribution in [2.24, 2.45) is 5.92 Å². The van der Waals surface area contributed by atoms with Gasteiger partial charge in [0.05, 0.1) is 6.54 Å². The molecule has 8 heteroatoms. The molecule has 1 heterocycles. The Morgan fingerprint density at radius 2 is 1.95 bits per heavy atom. The number of hydrogen-bond acceptors (Lipinski definition) is 4. The quantitative estimate of drug-likeness (QED) is 0.851. The van der Waals surface area contributed by atoms with E-state index in [1.54, 1.807) is 0 Å². The molecule has 0 aliphatic carbocycles. The molecule has 0 unspecified atom stereocenters. The molecule has 0 saturated heterocycles. The summed E-state index contributed by atoms with van der Waals surface area (Å²) in [5, 5.41) is 13.9. The van der Waals surface area contributed by atoms with E-state index < -0.39 is 17.5 Å². The van der Waals surface area contributed by atoms with Crippen molar-refractivity contribution in [1.29, 1.82) is 0 Å². The first-order valence-corrected chi connectivity index (χ1v) is 6.12. The summed E-state index contributed by atoms with van der Waals surface area (Å²) in [5.41, 5.74) is -0.227. The lowest BCUT2D eigenvalue weighted by Gasteiger charge is -2.09. The zero-order valence-corrected chi connectivity index (χ0v) is 11.1. The van der Waals surface area contributed by atoms with Gasteiger partial charge in [0.2, 0.25) is 0 Å². The van der Waals surface area contributed by atoms with Gasteiger partial charge in [-0.1, -0.05) is 13.8 Å². The van der Waals surface area contributed by atoms with E-state index in [-0.39, 0.29) is 5.69 Å². The van der Waals surface area contributed by atoms with E-state index in [0.29, 0.717) is 18.3 Å². The second kappa shape index (κ2) is 6.00. The minimum absolute atomic E-state index is 0.227. The molecule has 1 aromatic carbocycles. The van der Waals surface area contributed by atoms with Gasteiger partial charge >= 0.3 is 0 Å². The molecular formula is C12H14F3N5. The van der Waals surface area contributed by atoms with Crippen LogP contribution >= 0.6 is 0 Å². The summed E-state index contributed by atoms with van der Waals surface area (Å²) >= 11 is 0. The third kappa shape index (κ3) is 2.96. The fraction of sp³-hybridized carbons (Fsp3) is 0.417. The molecule has 20 heavy (non-hydrogen) atoms. The first-order chi connectivity index (χ1) is 9.50. The number of nitrogens with one attached hydrogen (secondary N) is 1. The van der Waals surface area contributed by atoms with Crippen LogP contribution in [0.2, 0.25) is 0 Å². The molecule has 1 aromatic heterocycles. The highest BCUT2D eigenvalue weighted by Gasteiger charge is 2.18. The normalized spacial score (nSPS) is 11.3. The van der Waals surface area contributed by atoms with Crippen LogP contribution in [0.1, 0.15) is 19.7 Å². The average Bonchev–Trinajstić information content (AvgIpc) is 2.84. The van der Waals surface area contributed by atoms with Crippen molar-refractivity contribution in [2.75, 3.05) is 6.54 Å². The van der Waals surface area contributed by atoms with Gasteiger partial charge in [-0.3, -0.25) is 0 Å². The Morgan fingerprint density at radius 1 is 1.20 bits per heavy atom. The molecule has 0 aliphatic heterocycles. The molecule has 1 N–H and O–H groups in total. The van der Waals surface area contributed by atoms with Gasteiger partial charge in [0.1, 0.15) is 5.69 Å². The smallest absolute Gasteiger partial charge is 0.196 e. The number of halogens is 3. The Morgan fingerprint density at radius 3 is 2.65 bits per heavy atom. The van der Waals surface area contributed by atoms with Gasteiger partial charge in [0.15, 0.2) is 23.3 Å². The van der Waals surface area contributed by atoms with Crippen molar-refractivity contribution in [1.82, 2.24) is 25.5 Å². The maximum absolute atomic E-state index is 13.7. The van der Waals surface area contributed by atoms with Crippen molar-refractivity contribution in [2.45, 2.75) is 20.4 Å². The van der Waals surface area contributed by atoms with Crippen molar-refractivity contribution >= 4 is 0 Å². The fourth-order valence-electron chi connectivity index (χ4n) is 1.66. The van der Waals surface area contributed by atoms with Gasteiger partial charge < -0.3 is 5.32 Å². The number of nitrogens with zero attached hydrogens (tertiary/aromatic N) is 4. The first kappa shape index (κ1) is 14.4. The summed E-state index contributed by atoms with van der Waals surface area (Å²) in [6.07, 6.45) is 0. The number of aromatic nitrogens is 4. The van der Waals surface area contributed by atoms with E-state index in [0.717, 1.165) is 23.4 Å². The van der Waals surface area contributed by atoms with Crippen LogP contribution in [0.3, 0.4) is 0 Å². The number of rotatable bonds is 5. The third-order valence-electron chi connectivity index (χ3n) is 2.61. The van der Waals surface area contributed by atoms with E-state index >= 15 is 0 Å². The predicted molar refractivity (Wildman–Crippen MR) is 65.6 cm³/mol. The van der Waals surface area contributed by atoms with Gasteiger partial charge in [0, 0.05) is 0 Å². The lowest BCUT2D eigenvalue weighted by atomic mass is 10.2. The Hall–Kier alpha value is -1.96. The van der Waals surface area contributed by atoms with Gasteiger partial charge in [-0.15, -0.1) is 5.10 Å². The zero-order chi connectivity index (χ0) is 14.7. The third-order valence-corrected chi connectivity index (χ3v) is 2.61. The molecule has 0 radical (unpaired) electrons. The minimum atomic E-state index is -1.54. The molecule has 0 aliphatic rings. The topological polar surface area (TPSA) is 55.6 Å². The highest BCUT2D eigenvalue weighted by atomic mass is 19.2. The Balaban J connectivity index is 2.26. The lowest BCUT2D eigenvalue weighted by Crippen LogP contribution is -2.21. The first-order valence-electron chi connectivity index (χ1n) is 6.12. The van der Waals surface area contributed by atoms with Crippen LogP contribution in [0.4, 0.5) is 13.2 Å². The van der Waals surface area contributed by atoms with E-state index in [1.807, 2.05) is 13.8 Å². The largest absolute Gasteiger partial charge is 0.310 e. The summed E-state index contributed by atoms with van der Waals surface area (Å²) in [6.45, 7) is 5.09. The number of tetrazole rings is 1. The predicted octanol–water partition coefficient (Wildman–Crippen LogP) is 1.83. The highest BCUT2D eigenvalue weighted by molar-refractivity contribution is 5.34. The second-order valence-corrected chi connectivity index (χ2v) is 4.73. The molecular weight excluding hydrogens is 271 g/mol. The maximum Gasteiger partial charge on any atom is 0.196 e. The van der Waals surface area contributed by atoms with Crippen molar-refractivity contribution in [3.8, 4) is 5.69 Å². The summed E-state index contributed by atoms with van der Waals surface area (Å²) < 4.78 is 40.9. The van der Waals surface area contributed by atoms with Crippen LogP contribution in [0.15, 0.2) is 12.1 Å². The average molecular weight is 285 g/mol. The van der Waals surface area contributed by atoms with Crippen molar-refractivity contribution < 1.29 is 13.2 Å². The van der Waals surface area contributed by atoms with Crippen molar-refractivity contribution in [3.05, 3.63) is 35.4 Å². The summed E-state index contributed by atoms with van der Waals surface area (Å²) in [4.78, 5) is 0. The van der Waals surface area contributed by atoms with Crippen LogP contribution in [-0.4, -0.2) is 26.8 Å². The second-order valence-electron chi connectivity index (χ2n) is 4.73. The van der Waals surface area contributed by atoms with E-state index in [9.17, 15) is 13.2 Å². The summed E-state index contributed by atoms with van der Waals surface area (Å²) in [6, 6.07) is 1.93. The molecule has 108 valence electrons. The van der Waals surface area contributed by atoms with E-state index in [2.05, 4.69) is 20.8 Å². The van der Waals surface area contributed by atoms with E-state index in [4.69, 9.17) is 0 Å². The Kier molecular flexibility index (Phi) is 4.33. The number of hydrogen-bond donors (Lipinski definition) is 1. The highest BCUT2D eigenvalue weighted by Crippen LogP contribution is 2.18. The molecule has 0 saturated carbocycles.